The van der Waals surface area contributed by atoms with Crippen molar-refractivity contribution >= 4 is 22.5 Å². The largest absolute Gasteiger partial charge is 0.337 e. The SMILES string of the molecule is CC(=N)C(C(C)=O)c1cnc2c(-c3cnc(C4CC4)nc3)cn([C@@H](C)c3ccccn3)c2c1. The van der Waals surface area contributed by atoms with Crippen molar-refractivity contribution in [1.82, 2.24) is 24.5 Å². The predicted octanol–water partition coefficient (Wildman–Crippen LogP) is 5.09. The van der Waals surface area contributed by atoms with Crippen molar-refractivity contribution in [2.75, 3.05) is 0 Å². The number of hydrogen-bond donors (Lipinski definition) is 1. The van der Waals surface area contributed by atoms with E-state index in [0.717, 1.165) is 52.1 Å². The van der Waals surface area contributed by atoms with Crippen LogP contribution in [0, 0.1) is 5.41 Å². The number of carbonyl (C=O) groups is 1. The Morgan fingerprint density at radius 3 is 2.45 bits per heavy atom. The van der Waals surface area contributed by atoms with Gasteiger partial charge in [-0.2, -0.15) is 0 Å². The number of nitrogens with one attached hydrogen (secondary N) is 1. The predicted molar refractivity (Wildman–Crippen MR) is 128 cm³/mol. The monoisotopic (exact) mass is 438 g/mol. The van der Waals surface area contributed by atoms with E-state index < -0.39 is 5.92 Å². The van der Waals surface area contributed by atoms with Crippen LogP contribution < -0.4 is 0 Å². The van der Waals surface area contributed by atoms with Crippen molar-refractivity contribution in [1.29, 1.82) is 5.41 Å². The van der Waals surface area contributed by atoms with Crippen molar-refractivity contribution < 1.29 is 4.79 Å². The molecule has 4 aromatic rings. The molecule has 1 aliphatic carbocycles. The average Bonchev–Trinajstić information content (AvgIpc) is 3.60. The molecule has 7 nitrogen and oxygen atoms in total. The minimum Gasteiger partial charge on any atom is -0.337 e. The maximum absolute atomic E-state index is 12.3. The van der Waals surface area contributed by atoms with Gasteiger partial charge in [-0.25, -0.2) is 9.97 Å². The van der Waals surface area contributed by atoms with E-state index in [1.165, 1.54) is 6.92 Å². The molecular weight excluding hydrogens is 412 g/mol. The van der Waals surface area contributed by atoms with Crippen molar-refractivity contribution in [2.45, 2.75) is 51.5 Å². The molecule has 7 heteroatoms. The van der Waals surface area contributed by atoms with E-state index in [2.05, 4.69) is 32.6 Å². The van der Waals surface area contributed by atoms with Crippen LogP contribution in [-0.2, 0) is 4.79 Å². The Balaban J connectivity index is 1.67. The molecule has 0 bridgehead atoms. The number of carbonyl (C=O) groups excluding carboxylic acids is 1. The summed E-state index contributed by atoms with van der Waals surface area (Å²) in [6.07, 6.45) is 11.6. The summed E-state index contributed by atoms with van der Waals surface area (Å²) in [6, 6.07) is 7.81. The van der Waals surface area contributed by atoms with Crippen LogP contribution in [0.1, 0.15) is 68.6 Å². The molecule has 4 heterocycles. The van der Waals surface area contributed by atoms with Gasteiger partial charge in [0.05, 0.1) is 28.7 Å². The average molecular weight is 439 g/mol. The van der Waals surface area contributed by atoms with Gasteiger partial charge in [0.2, 0.25) is 0 Å². The Hall–Kier alpha value is -3.74. The lowest BCUT2D eigenvalue weighted by Gasteiger charge is -2.16. The van der Waals surface area contributed by atoms with Gasteiger partial charge in [-0.1, -0.05) is 6.07 Å². The topological polar surface area (TPSA) is 97.4 Å². The number of ketones is 1. The molecule has 1 aliphatic rings. The van der Waals surface area contributed by atoms with E-state index in [1.54, 1.807) is 19.3 Å². The van der Waals surface area contributed by atoms with E-state index in [0.29, 0.717) is 11.6 Å². The fourth-order valence-corrected chi connectivity index (χ4v) is 4.42. The van der Waals surface area contributed by atoms with Crippen molar-refractivity contribution in [3.05, 3.63) is 72.3 Å². The zero-order valence-corrected chi connectivity index (χ0v) is 19.0. The molecule has 1 fully saturated rings. The summed E-state index contributed by atoms with van der Waals surface area (Å²) in [7, 11) is 0. The first kappa shape index (κ1) is 21.1. The Bertz CT molecular complexity index is 1320. The number of rotatable bonds is 7. The van der Waals surface area contributed by atoms with Crippen LogP contribution in [0.3, 0.4) is 0 Å². The van der Waals surface area contributed by atoms with E-state index in [-0.39, 0.29) is 11.8 Å². The van der Waals surface area contributed by atoms with Crippen LogP contribution in [0.25, 0.3) is 22.2 Å². The van der Waals surface area contributed by atoms with Crippen LogP contribution in [0.5, 0.6) is 0 Å². The Morgan fingerprint density at radius 2 is 1.85 bits per heavy atom. The second kappa shape index (κ2) is 8.31. The molecule has 1 N–H and O–H groups in total. The summed E-state index contributed by atoms with van der Waals surface area (Å²) in [5, 5.41) is 8.12. The standard InChI is InChI=1S/C26H26N6O/c1-15(27)24(17(3)33)19-10-23-25(29-11-19)21(20-12-30-26(31-13-20)18-7-8-18)14-32(23)16(2)22-6-4-5-9-28-22/h4-6,9-14,16,18,24,27H,7-8H2,1-3H3/t16-,24?/m0/s1. The van der Waals surface area contributed by atoms with Gasteiger partial charge in [0.15, 0.2) is 0 Å². The molecule has 33 heavy (non-hydrogen) atoms. The van der Waals surface area contributed by atoms with Crippen LogP contribution in [0.15, 0.2) is 55.2 Å². The van der Waals surface area contributed by atoms with E-state index >= 15 is 0 Å². The molecule has 0 aromatic carbocycles. The van der Waals surface area contributed by atoms with Crippen LogP contribution in [-0.4, -0.2) is 36.0 Å². The summed E-state index contributed by atoms with van der Waals surface area (Å²) >= 11 is 0. The Kier molecular flexibility index (Phi) is 5.32. The van der Waals surface area contributed by atoms with Gasteiger partial charge in [-0.3, -0.25) is 14.8 Å². The normalized spacial score (nSPS) is 15.4. The molecule has 0 amide bonds. The molecular formula is C26H26N6O. The van der Waals surface area contributed by atoms with Gasteiger partial charge < -0.3 is 9.98 Å². The van der Waals surface area contributed by atoms with Crippen LogP contribution >= 0.6 is 0 Å². The second-order valence-corrected chi connectivity index (χ2v) is 8.85. The summed E-state index contributed by atoms with van der Waals surface area (Å²) in [5.74, 6) is 0.743. The van der Waals surface area contributed by atoms with E-state index in [4.69, 9.17) is 10.4 Å². The first-order valence-electron chi connectivity index (χ1n) is 11.2. The number of Topliss-reactive ketones (excluding diaryl/α,β-unsaturated/α-hetero) is 1. The number of pyridine rings is 2. The fraction of sp³-hybridized carbons (Fsp3) is 0.308. The minimum atomic E-state index is -0.597. The fourth-order valence-electron chi connectivity index (χ4n) is 4.42. The third-order valence-corrected chi connectivity index (χ3v) is 6.32. The van der Waals surface area contributed by atoms with Gasteiger partial charge in [-0.05, 0) is 57.4 Å². The molecule has 2 atom stereocenters. The molecule has 0 saturated heterocycles. The summed E-state index contributed by atoms with van der Waals surface area (Å²) in [4.78, 5) is 30.8. The molecule has 1 saturated carbocycles. The molecule has 166 valence electrons. The van der Waals surface area contributed by atoms with Crippen molar-refractivity contribution in [3.63, 3.8) is 0 Å². The minimum absolute atomic E-state index is 0.0528. The molecule has 0 aliphatic heterocycles. The van der Waals surface area contributed by atoms with E-state index in [1.807, 2.05) is 36.7 Å². The van der Waals surface area contributed by atoms with Gasteiger partial charge in [0.1, 0.15) is 11.6 Å². The number of aromatic nitrogens is 5. The van der Waals surface area contributed by atoms with Crippen LogP contribution in [0.2, 0.25) is 0 Å². The third-order valence-electron chi connectivity index (χ3n) is 6.32. The van der Waals surface area contributed by atoms with Gasteiger partial charge in [0, 0.05) is 53.7 Å². The lowest BCUT2D eigenvalue weighted by atomic mass is 9.92. The highest BCUT2D eigenvalue weighted by atomic mass is 16.1. The zero-order valence-electron chi connectivity index (χ0n) is 19.0. The third kappa shape index (κ3) is 3.95. The first-order valence-corrected chi connectivity index (χ1v) is 11.2. The highest BCUT2D eigenvalue weighted by Gasteiger charge is 2.27. The Labute approximate surface area is 192 Å². The zero-order chi connectivity index (χ0) is 23.1. The molecule has 0 spiro atoms. The van der Waals surface area contributed by atoms with Crippen molar-refractivity contribution in [3.8, 4) is 11.1 Å². The maximum atomic E-state index is 12.3. The lowest BCUT2D eigenvalue weighted by Crippen LogP contribution is -2.17. The lowest BCUT2D eigenvalue weighted by molar-refractivity contribution is -0.117. The molecule has 5 rings (SSSR count). The smallest absolute Gasteiger partial charge is 0.142 e. The Morgan fingerprint density at radius 1 is 1.09 bits per heavy atom. The first-order chi connectivity index (χ1) is 15.9. The van der Waals surface area contributed by atoms with E-state index in [9.17, 15) is 4.79 Å². The summed E-state index contributed by atoms with van der Waals surface area (Å²) in [5.41, 5.74) is 5.51. The number of hydrogen-bond acceptors (Lipinski definition) is 6. The summed E-state index contributed by atoms with van der Waals surface area (Å²) in [6.45, 7) is 5.28. The maximum Gasteiger partial charge on any atom is 0.142 e. The summed E-state index contributed by atoms with van der Waals surface area (Å²) < 4.78 is 2.13. The van der Waals surface area contributed by atoms with Crippen molar-refractivity contribution in [2.24, 2.45) is 0 Å². The molecule has 0 radical (unpaired) electrons. The van der Waals surface area contributed by atoms with Gasteiger partial charge in [0.25, 0.3) is 0 Å². The number of fused-ring (bicyclic) bond motifs is 1. The quantitative estimate of drug-likeness (QED) is 0.406. The molecule has 4 aromatic heterocycles. The number of nitrogens with zero attached hydrogens (tertiary/aromatic N) is 5. The second-order valence-electron chi connectivity index (χ2n) is 8.85. The van der Waals surface area contributed by atoms with Gasteiger partial charge >= 0.3 is 0 Å². The van der Waals surface area contributed by atoms with Gasteiger partial charge in [-0.15, -0.1) is 0 Å². The van der Waals surface area contributed by atoms with Crippen LogP contribution in [0.4, 0.5) is 0 Å². The highest BCUT2D eigenvalue weighted by molar-refractivity contribution is 6.07. The molecule has 1 unspecified atom stereocenters. The highest BCUT2D eigenvalue weighted by Crippen LogP contribution is 2.39.